The highest BCUT2D eigenvalue weighted by atomic mass is 16.2. The van der Waals surface area contributed by atoms with Crippen LogP contribution in [0.2, 0.25) is 0 Å². The van der Waals surface area contributed by atoms with Gasteiger partial charge in [0.2, 0.25) is 0 Å². The van der Waals surface area contributed by atoms with Gasteiger partial charge in [-0.3, -0.25) is 4.90 Å². The Hall–Kier alpha value is -1.71. The van der Waals surface area contributed by atoms with E-state index in [1.165, 1.54) is 6.42 Å². The van der Waals surface area contributed by atoms with Gasteiger partial charge in [0.25, 0.3) is 0 Å². The van der Waals surface area contributed by atoms with Crippen LogP contribution >= 0.6 is 0 Å². The highest BCUT2D eigenvalue weighted by molar-refractivity contribution is 5.96. The van der Waals surface area contributed by atoms with E-state index in [1.54, 1.807) is 0 Å². The van der Waals surface area contributed by atoms with E-state index < -0.39 is 0 Å². The number of rotatable bonds is 1. The van der Waals surface area contributed by atoms with Gasteiger partial charge in [-0.1, -0.05) is 12.1 Å². The largest absolute Gasteiger partial charge is 0.371 e. The molecule has 3 rings (SSSR count). The summed E-state index contributed by atoms with van der Waals surface area (Å²) in [6.45, 7) is 1.64. The van der Waals surface area contributed by atoms with Crippen LogP contribution in [-0.4, -0.2) is 32.2 Å². The Morgan fingerprint density at radius 1 is 1.22 bits per heavy atom. The maximum Gasteiger partial charge on any atom is 0.322 e. The maximum atomic E-state index is 12.3. The molecule has 18 heavy (non-hydrogen) atoms. The second-order valence-corrected chi connectivity index (χ2v) is 5.14. The molecule has 96 valence electrons. The first-order valence-electron chi connectivity index (χ1n) is 6.64. The summed E-state index contributed by atoms with van der Waals surface area (Å²) in [4.78, 5) is 16.3. The smallest absolute Gasteiger partial charge is 0.322 e. The van der Waals surface area contributed by atoms with E-state index in [4.69, 9.17) is 0 Å². The predicted molar refractivity (Wildman–Crippen MR) is 73.2 cm³/mol. The molecule has 1 fully saturated rings. The molecule has 1 aliphatic carbocycles. The van der Waals surface area contributed by atoms with Crippen molar-refractivity contribution in [3.8, 4) is 0 Å². The SMILES string of the molecule is CN1CCN(C(=O)NC2CCC2)c2ccccc21. The number of benzene rings is 1. The lowest BCUT2D eigenvalue weighted by molar-refractivity contribution is 0.234. The van der Waals surface area contributed by atoms with E-state index in [0.717, 1.165) is 37.3 Å². The standard InChI is InChI=1S/C14H19N3O/c1-16-9-10-17(13-8-3-2-7-12(13)16)14(18)15-11-5-4-6-11/h2-3,7-8,11H,4-6,9-10H2,1H3,(H,15,18). The fourth-order valence-corrected chi connectivity index (χ4v) is 2.52. The van der Waals surface area contributed by atoms with Crippen LogP contribution in [0, 0.1) is 0 Å². The third-order valence-electron chi connectivity index (χ3n) is 3.92. The van der Waals surface area contributed by atoms with Crippen molar-refractivity contribution >= 4 is 17.4 Å². The van der Waals surface area contributed by atoms with E-state index in [0.29, 0.717) is 6.04 Å². The summed E-state index contributed by atoms with van der Waals surface area (Å²) in [6.07, 6.45) is 3.49. The third-order valence-corrected chi connectivity index (χ3v) is 3.92. The molecule has 0 unspecified atom stereocenters. The molecule has 1 N–H and O–H groups in total. The lowest BCUT2D eigenvalue weighted by atomic mass is 9.93. The number of carbonyl (C=O) groups is 1. The zero-order chi connectivity index (χ0) is 12.5. The number of nitrogens with zero attached hydrogens (tertiary/aromatic N) is 2. The minimum atomic E-state index is 0.0558. The highest BCUT2D eigenvalue weighted by Crippen LogP contribution is 2.32. The average molecular weight is 245 g/mol. The number of amides is 2. The van der Waals surface area contributed by atoms with Crippen LogP contribution in [0.3, 0.4) is 0 Å². The topological polar surface area (TPSA) is 35.6 Å². The van der Waals surface area contributed by atoms with Crippen molar-refractivity contribution in [2.24, 2.45) is 0 Å². The summed E-state index contributed by atoms with van der Waals surface area (Å²) >= 11 is 0. The number of hydrogen-bond acceptors (Lipinski definition) is 2. The Morgan fingerprint density at radius 3 is 2.61 bits per heavy atom. The summed E-state index contributed by atoms with van der Waals surface area (Å²) < 4.78 is 0. The Balaban J connectivity index is 1.80. The minimum Gasteiger partial charge on any atom is -0.371 e. The number of hydrogen-bond donors (Lipinski definition) is 1. The number of anilines is 2. The average Bonchev–Trinajstić information content (AvgIpc) is 2.34. The third kappa shape index (κ3) is 1.92. The van der Waals surface area contributed by atoms with Gasteiger partial charge >= 0.3 is 6.03 Å². The summed E-state index contributed by atoms with van der Waals surface area (Å²) in [7, 11) is 2.07. The number of carbonyl (C=O) groups excluding carboxylic acids is 1. The number of nitrogens with one attached hydrogen (secondary N) is 1. The van der Waals surface area contributed by atoms with Gasteiger partial charge in [-0.05, 0) is 31.4 Å². The van der Waals surface area contributed by atoms with Gasteiger partial charge in [-0.25, -0.2) is 4.79 Å². The molecule has 0 radical (unpaired) electrons. The van der Waals surface area contributed by atoms with Crippen molar-refractivity contribution in [1.82, 2.24) is 5.32 Å². The monoisotopic (exact) mass is 245 g/mol. The summed E-state index contributed by atoms with van der Waals surface area (Å²) in [5.74, 6) is 0. The van der Waals surface area contributed by atoms with E-state index in [-0.39, 0.29) is 6.03 Å². The van der Waals surface area contributed by atoms with Gasteiger partial charge in [0.1, 0.15) is 0 Å². The van der Waals surface area contributed by atoms with Crippen molar-refractivity contribution in [3.05, 3.63) is 24.3 Å². The molecule has 4 nitrogen and oxygen atoms in total. The fourth-order valence-electron chi connectivity index (χ4n) is 2.52. The molecule has 4 heteroatoms. The lowest BCUT2D eigenvalue weighted by Crippen LogP contribution is -2.51. The van der Waals surface area contributed by atoms with Crippen molar-refractivity contribution in [2.75, 3.05) is 29.9 Å². The molecule has 1 aromatic carbocycles. The molecular formula is C14H19N3O. The molecule has 1 aliphatic heterocycles. The highest BCUT2D eigenvalue weighted by Gasteiger charge is 2.27. The Morgan fingerprint density at radius 2 is 1.94 bits per heavy atom. The lowest BCUT2D eigenvalue weighted by Gasteiger charge is -2.37. The summed E-state index contributed by atoms with van der Waals surface area (Å²) in [5.41, 5.74) is 2.15. The first-order chi connectivity index (χ1) is 8.75. The van der Waals surface area contributed by atoms with E-state index in [2.05, 4.69) is 23.3 Å². The van der Waals surface area contributed by atoms with Crippen molar-refractivity contribution in [2.45, 2.75) is 25.3 Å². The predicted octanol–water partition coefficient (Wildman–Crippen LogP) is 2.20. The molecule has 0 atom stereocenters. The summed E-state index contributed by atoms with van der Waals surface area (Å²) in [6, 6.07) is 8.54. The quantitative estimate of drug-likeness (QED) is 0.823. The first-order valence-corrected chi connectivity index (χ1v) is 6.64. The molecule has 2 amide bonds. The molecule has 1 saturated carbocycles. The van der Waals surface area contributed by atoms with Gasteiger partial charge < -0.3 is 10.2 Å². The molecule has 1 aromatic rings. The second kappa shape index (κ2) is 4.52. The first kappa shape index (κ1) is 11.4. The fraction of sp³-hybridized carbons (Fsp3) is 0.500. The van der Waals surface area contributed by atoms with E-state index in [1.807, 2.05) is 23.1 Å². The molecule has 2 aliphatic rings. The van der Waals surface area contributed by atoms with Crippen molar-refractivity contribution in [1.29, 1.82) is 0 Å². The zero-order valence-corrected chi connectivity index (χ0v) is 10.7. The Bertz CT molecular complexity index is 456. The number of urea groups is 1. The molecule has 0 bridgehead atoms. The number of para-hydroxylation sites is 2. The van der Waals surface area contributed by atoms with Crippen molar-refractivity contribution < 1.29 is 4.79 Å². The van der Waals surface area contributed by atoms with Crippen molar-refractivity contribution in [3.63, 3.8) is 0 Å². The van der Waals surface area contributed by atoms with Gasteiger partial charge in [0.15, 0.2) is 0 Å². The Labute approximate surface area is 108 Å². The summed E-state index contributed by atoms with van der Waals surface area (Å²) in [5, 5.41) is 3.11. The van der Waals surface area contributed by atoms with Crippen LogP contribution in [-0.2, 0) is 0 Å². The molecular weight excluding hydrogens is 226 g/mol. The van der Waals surface area contributed by atoms with Gasteiger partial charge in [-0.15, -0.1) is 0 Å². The number of fused-ring (bicyclic) bond motifs is 1. The van der Waals surface area contributed by atoms with Gasteiger partial charge in [0.05, 0.1) is 11.4 Å². The van der Waals surface area contributed by atoms with Crippen LogP contribution in [0.1, 0.15) is 19.3 Å². The molecule has 0 spiro atoms. The van der Waals surface area contributed by atoms with E-state index >= 15 is 0 Å². The second-order valence-electron chi connectivity index (χ2n) is 5.14. The van der Waals surface area contributed by atoms with Crippen LogP contribution in [0.15, 0.2) is 24.3 Å². The van der Waals surface area contributed by atoms with Gasteiger partial charge in [0, 0.05) is 26.2 Å². The molecule has 0 saturated heterocycles. The zero-order valence-electron chi connectivity index (χ0n) is 10.7. The molecule has 0 aromatic heterocycles. The van der Waals surface area contributed by atoms with Crippen LogP contribution < -0.4 is 15.1 Å². The van der Waals surface area contributed by atoms with Crippen LogP contribution in [0.5, 0.6) is 0 Å². The minimum absolute atomic E-state index is 0.0558. The van der Waals surface area contributed by atoms with E-state index in [9.17, 15) is 4.79 Å². The maximum absolute atomic E-state index is 12.3. The van der Waals surface area contributed by atoms with Gasteiger partial charge in [-0.2, -0.15) is 0 Å². The van der Waals surface area contributed by atoms with Crippen LogP contribution in [0.25, 0.3) is 0 Å². The Kier molecular flexibility index (Phi) is 2.86. The normalized spacial score (nSPS) is 19.2. The molecule has 1 heterocycles. The number of likely N-dealkylation sites (N-methyl/N-ethyl adjacent to an activating group) is 1. The van der Waals surface area contributed by atoms with Crippen LogP contribution in [0.4, 0.5) is 16.2 Å².